The summed E-state index contributed by atoms with van der Waals surface area (Å²) in [7, 11) is 0. The Morgan fingerprint density at radius 1 is 1.40 bits per heavy atom. The number of hydrogen-bond donors (Lipinski definition) is 1. The van der Waals surface area contributed by atoms with E-state index in [1.807, 2.05) is 39.0 Å². The van der Waals surface area contributed by atoms with Crippen LogP contribution in [-0.2, 0) is 4.79 Å². The Labute approximate surface area is 134 Å². The molecule has 2 rings (SSSR count). The predicted molar refractivity (Wildman–Crippen MR) is 87.5 cm³/mol. The lowest BCUT2D eigenvalue weighted by Gasteiger charge is -2.12. The quantitative estimate of drug-likeness (QED) is 0.824. The standard InChI is InChI=1S/C13H14BrN3OS2/c1-7-4-5-11(10(14)6-7)15-12(18)8(2)19-13-17-16-9(3)20-13/h4-6,8H,1-3H3,(H,15,18)/t8-/m1/s1. The minimum absolute atomic E-state index is 0.0487. The molecule has 4 nitrogen and oxygen atoms in total. The zero-order valence-corrected chi connectivity index (χ0v) is 14.5. The van der Waals surface area contributed by atoms with Crippen LogP contribution in [-0.4, -0.2) is 21.4 Å². The number of carbonyl (C=O) groups excluding carboxylic acids is 1. The fourth-order valence-electron chi connectivity index (χ4n) is 1.49. The maximum Gasteiger partial charge on any atom is 0.237 e. The minimum atomic E-state index is -0.226. The van der Waals surface area contributed by atoms with Crippen LogP contribution in [0.25, 0.3) is 0 Å². The van der Waals surface area contributed by atoms with Gasteiger partial charge in [0, 0.05) is 4.47 Å². The lowest BCUT2D eigenvalue weighted by Crippen LogP contribution is -2.22. The van der Waals surface area contributed by atoms with Gasteiger partial charge in [-0.15, -0.1) is 10.2 Å². The van der Waals surface area contributed by atoms with Gasteiger partial charge >= 0.3 is 0 Å². The smallest absolute Gasteiger partial charge is 0.237 e. The van der Waals surface area contributed by atoms with Gasteiger partial charge in [0.1, 0.15) is 5.01 Å². The molecule has 2 aromatic rings. The molecule has 0 aliphatic rings. The zero-order chi connectivity index (χ0) is 14.7. The van der Waals surface area contributed by atoms with E-state index in [1.54, 1.807) is 0 Å². The highest BCUT2D eigenvalue weighted by Crippen LogP contribution is 2.28. The number of rotatable bonds is 4. The average molecular weight is 372 g/mol. The molecule has 0 unspecified atom stereocenters. The summed E-state index contributed by atoms with van der Waals surface area (Å²) < 4.78 is 1.70. The Hall–Kier alpha value is -0.920. The van der Waals surface area contributed by atoms with Crippen molar-refractivity contribution >= 4 is 50.6 Å². The van der Waals surface area contributed by atoms with Gasteiger partial charge < -0.3 is 5.32 Å². The van der Waals surface area contributed by atoms with Gasteiger partial charge in [-0.05, 0) is 54.4 Å². The average Bonchev–Trinajstić information content (AvgIpc) is 2.78. The van der Waals surface area contributed by atoms with Crippen molar-refractivity contribution < 1.29 is 4.79 Å². The monoisotopic (exact) mass is 371 g/mol. The number of benzene rings is 1. The Balaban J connectivity index is 2.00. The van der Waals surface area contributed by atoms with Gasteiger partial charge in [0.25, 0.3) is 0 Å². The first kappa shape index (κ1) is 15.5. The van der Waals surface area contributed by atoms with E-state index < -0.39 is 0 Å². The summed E-state index contributed by atoms with van der Waals surface area (Å²) in [4.78, 5) is 12.2. The van der Waals surface area contributed by atoms with Crippen molar-refractivity contribution in [2.24, 2.45) is 0 Å². The summed E-state index contributed by atoms with van der Waals surface area (Å²) in [6, 6.07) is 5.83. The Morgan fingerprint density at radius 3 is 2.75 bits per heavy atom. The molecule has 0 saturated heterocycles. The summed E-state index contributed by atoms with van der Waals surface area (Å²) in [6.07, 6.45) is 0. The van der Waals surface area contributed by atoms with Crippen LogP contribution in [0.3, 0.4) is 0 Å². The number of aromatic nitrogens is 2. The highest BCUT2D eigenvalue weighted by molar-refractivity contribution is 9.10. The molecule has 20 heavy (non-hydrogen) atoms. The second-order valence-electron chi connectivity index (χ2n) is 4.32. The minimum Gasteiger partial charge on any atom is -0.324 e. The van der Waals surface area contributed by atoms with Crippen LogP contribution in [0.1, 0.15) is 17.5 Å². The number of thioether (sulfide) groups is 1. The van der Waals surface area contributed by atoms with E-state index in [0.717, 1.165) is 25.1 Å². The first-order chi connectivity index (χ1) is 9.45. The third-order valence-corrected chi connectivity index (χ3v) is 5.22. The molecular weight excluding hydrogens is 358 g/mol. The lowest BCUT2D eigenvalue weighted by molar-refractivity contribution is -0.115. The summed E-state index contributed by atoms with van der Waals surface area (Å²) in [5.74, 6) is -0.0487. The molecule has 1 amide bonds. The van der Waals surface area contributed by atoms with E-state index in [4.69, 9.17) is 0 Å². The predicted octanol–water partition coefficient (Wildman–Crippen LogP) is 4.04. The van der Waals surface area contributed by atoms with Crippen LogP contribution in [0, 0.1) is 13.8 Å². The lowest BCUT2D eigenvalue weighted by atomic mass is 10.2. The van der Waals surface area contributed by atoms with E-state index in [0.29, 0.717) is 0 Å². The van der Waals surface area contributed by atoms with Crippen LogP contribution in [0.2, 0.25) is 0 Å². The van der Waals surface area contributed by atoms with Crippen molar-refractivity contribution in [2.45, 2.75) is 30.4 Å². The van der Waals surface area contributed by atoms with Gasteiger partial charge in [0.15, 0.2) is 4.34 Å². The molecule has 1 aromatic carbocycles. The number of amides is 1. The van der Waals surface area contributed by atoms with Crippen molar-refractivity contribution in [1.29, 1.82) is 0 Å². The molecule has 0 fully saturated rings. The summed E-state index contributed by atoms with van der Waals surface area (Å²) in [6.45, 7) is 5.77. The SMILES string of the molecule is Cc1ccc(NC(=O)[C@@H](C)Sc2nnc(C)s2)c(Br)c1. The van der Waals surface area contributed by atoms with Crippen LogP contribution >= 0.6 is 39.0 Å². The highest BCUT2D eigenvalue weighted by Gasteiger charge is 2.17. The van der Waals surface area contributed by atoms with E-state index in [2.05, 4.69) is 31.4 Å². The van der Waals surface area contributed by atoms with Gasteiger partial charge in [0.05, 0.1) is 10.9 Å². The van der Waals surface area contributed by atoms with Gasteiger partial charge in [-0.2, -0.15) is 0 Å². The molecular formula is C13H14BrN3OS2. The van der Waals surface area contributed by atoms with Crippen molar-refractivity contribution in [2.75, 3.05) is 5.32 Å². The highest BCUT2D eigenvalue weighted by atomic mass is 79.9. The summed E-state index contributed by atoms with van der Waals surface area (Å²) >= 11 is 6.37. The van der Waals surface area contributed by atoms with Crippen molar-refractivity contribution in [3.05, 3.63) is 33.2 Å². The van der Waals surface area contributed by atoms with Crippen molar-refractivity contribution in [1.82, 2.24) is 10.2 Å². The number of hydrogen-bond acceptors (Lipinski definition) is 5. The molecule has 0 saturated carbocycles. The largest absolute Gasteiger partial charge is 0.324 e. The second-order valence-corrected chi connectivity index (χ2v) is 7.94. The van der Waals surface area contributed by atoms with Gasteiger partial charge in [0.2, 0.25) is 5.91 Å². The molecule has 0 bridgehead atoms. The molecule has 0 radical (unpaired) electrons. The topological polar surface area (TPSA) is 54.9 Å². The number of aryl methyl sites for hydroxylation is 2. The van der Waals surface area contributed by atoms with Gasteiger partial charge in [-0.25, -0.2) is 0 Å². The molecule has 0 spiro atoms. The number of carbonyl (C=O) groups is 1. The van der Waals surface area contributed by atoms with Gasteiger partial charge in [-0.3, -0.25) is 4.79 Å². The Bertz CT molecular complexity index is 630. The van der Waals surface area contributed by atoms with E-state index >= 15 is 0 Å². The number of anilines is 1. The maximum absolute atomic E-state index is 12.2. The molecule has 1 aromatic heterocycles. The number of nitrogens with zero attached hydrogens (tertiary/aromatic N) is 2. The van der Waals surface area contributed by atoms with Crippen LogP contribution in [0.4, 0.5) is 5.69 Å². The summed E-state index contributed by atoms with van der Waals surface area (Å²) in [5, 5.41) is 11.6. The van der Waals surface area contributed by atoms with Gasteiger partial charge in [-0.1, -0.05) is 29.2 Å². The Morgan fingerprint density at radius 2 is 2.15 bits per heavy atom. The third kappa shape index (κ3) is 4.04. The molecule has 1 heterocycles. The van der Waals surface area contributed by atoms with Crippen LogP contribution < -0.4 is 5.32 Å². The molecule has 1 atom stereocenters. The van der Waals surface area contributed by atoms with E-state index in [1.165, 1.54) is 23.1 Å². The molecule has 106 valence electrons. The third-order valence-electron chi connectivity index (χ3n) is 2.54. The van der Waals surface area contributed by atoms with E-state index in [9.17, 15) is 4.79 Å². The number of halogens is 1. The number of nitrogens with one attached hydrogen (secondary N) is 1. The van der Waals surface area contributed by atoms with Crippen molar-refractivity contribution in [3.8, 4) is 0 Å². The first-order valence-corrected chi connectivity index (χ1v) is 8.48. The zero-order valence-electron chi connectivity index (χ0n) is 11.3. The van der Waals surface area contributed by atoms with Crippen LogP contribution in [0.15, 0.2) is 27.0 Å². The maximum atomic E-state index is 12.2. The fraction of sp³-hybridized carbons (Fsp3) is 0.308. The molecule has 0 aliphatic heterocycles. The molecule has 7 heteroatoms. The Kier molecular flexibility index (Phi) is 5.17. The van der Waals surface area contributed by atoms with E-state index in [-0.39, 0.29) is 11.2 Å². The first-order valence-electron chi connectivity index (χ1n) is 5.99. The van der Waals surface area contributed by atoms with Crippen molar-refractivity contribution in [3.63, 3.8) is 0 Å². The normalized spacial score (nSPS) is 12.2. The summed E-state index contributed by atoms with van der Waals surface area (Å²) in [5.41, 5.74) is 1.92. The second kappa shape index (κ2) is 6.69. The molecule has 0 aliphatic carbocycles. The fourth-order valence-corrected chi connectivity index (χ4v) is 4.04. The van der Waals surface area contributed by atoms with Crippen LogP contribution in [0.5, 0.6) is 0 Å². The molecule has 1 N–H and O–H groups in total.